The Morgan fingerprint density at radius 1 is 1.06 bits per heavy atom. The summed E-state index contributed by atoms with van der Waals surface area (Å²) in [7, 11) is 0. The average Bonchev–Trinajstić information content (AvgIpc) is 3.62. The molecule has 0 radical (unpaired) electrons. The predicted molar refractivity (Wildman–Crippen MR) is 133 cm³/mol. The minimum atomic E-state index is -0.294. The molecule has 10 nitrogen and oxygen atoms in total. The van der Waals surface area contributed by atoms with E-state index in [0.717, 1.165) is 18.4 Å². The summed E-state index contributed by atoms with van der Waals surface area (Å²) in [6.07, 6.45) is 10.2. The van der Waals surface area contributed by atoms with Crippen LogP contribution in [-0.4, -0.2) is 54.0 Å². The molecule has 0 spiro atoms. The molecule has 3 unspecified atom stereocenters. The molecule has 2 amide bonds. The Kier molecular flexibility index (Phi) is 5.11. The normalized spacial score (nSPS) is 20.4. The van der Waals surface area contributed by atoms with Gasteiger partial charge in [-0.1, -0.05) is 18.2 Å². The van der Waals surface area contributed by atoms with E-state index in [1.54, 1.807) is 41.4 Å². The van der Waals surface area contributed by atoms with E-state index in [2.05, 4.69) is 26.2 Å². The van der Waals surface area contributed by atoms with E-state index >= 15 is 0 Å². The number of benzene rings is 1. The van der Waals surface area contributed by atoms with Gasteiger partial charge in [-0.25, -0.2) is 19.6 Å². The van der Waals surface area contributed by atoms with Crippen LogP contribution < -0.4 is 11.1 Å². The summed E-state index contributed by atoms with van der Waals surface area (Å²) in [6, 6.07) is 12.3. The van der Waals surface area contributed by atoms with E-state index < -0.39 is 0 Å². The number of carbonyl (C=O) groups is 2. The molecule has 1 aromatic carbocycles. The first-order valence-corrected chi connectivity index (χ1v) is 11.6. The van der Waals surface area contributed by atoms with Crippen LogP contribution in [0, 0.1) is 18.3 Å². The first kappa shape index (κ1) is 21.7. The summed E-state index contributed by atoms with van der Waals surface area (Å²) in [4.78, 5) is 39.5. The minimum Gasteiger partial charge on any atom is -0.383 e. The number of carbonyl (C=O) groups excluding carboxylic acids is 2. The number of likely N-dealkylation sites (tertiary alicyclic amines) is 1. The third kappa shape index (κ3) is 3.53. The molecule has 1 aliphatic carbocycles. The van der Waals surface area contributed by atoms with Crippen molar-refractivity contribution in [2.24, 2.45) is 5.92 Å². The van der Waals surface area contributed by atoms with Crippen molar-refractivity contribution >= 4 is 34.5 Å². The zero-order valence-electron chi connectivity index (χ0n) is 19.2. The van der Waals surface area contributed by atoms with E-state index in [9.17, 15) is 9.59 Å². The van der Waals surface area contributed by atoms with E-state index in [1.807, 2.05) is 16.8 Å². The summed E-state index contributed by atoms with van der Waals surface area (Å²) < 4.78 is 1.87. The van der Waals surface area contributed by atoms with Crippen LogP contribution in [0.25, 0.3) is 22.3 Å². The van der Waals surface area contributed by atoms with Gasteiger partial charge in [0.1, 0.15) is 23.7 Å². The molecule has 3 aromatic heterocycles. The molecule has 1 saturated carbocycles. The van der Waals surface area contributed by atoms with Crippen molar-refractivity contribution in [3.63, 3.8) is 0 Å². The quantitative estimate of drug-likeness (QED) is 0.431. The Hall–Kier alpha value is -4.78. The van der Waals surface area contributed by atoms with Crippen molar-refractivity contribution < 1.29 is 9.59 Å². The van der Waals surface area contributed by atoms with Crippen molar-refractivity contribution in [1.82, 2.24) is 29.6 Å². The number of anilines is 2. The predicted octanol–water partition coefficient (Wildman–Crippen LogP) is 2.52. The van der Waals surface area contributed by atoms with Gasteiger partial charge in [0.2, 0.25) is 0 Å². The molecule has 1 aliphatic heterocycles. The number of amides is 2. The zero-order valence-corrected chi connectivity index (χ0v) is 19.2. The van der Waals surface area contributed by atoms with Crippen LogP contribution in [0.5, 0.6) is 0 Å². The lowest BCUT2D eigenvalue weighted by molar-refractivity contribution is -0.127. The van der Waals surface area contributed by atoms with Gasteiger partial charge in [-0.15, -0.1) is 6.42 Å². The number of hydrogen-bond acceptors (Lipinski definition) is 7. The molecular weight excluding hydrogens is 456 g/mol. The number of nitrogens with one attached hydrogen (secondary N) is 1. The topological polar surface area (TPSA) is 132 Å². The van der Waals surface area contributed by atoms with Gasteiger partial charge in [-0.3, -0.25) is 9.59 Å². The van der Waals surface area contributed by atoms with Gasteiger partial charge in [-0.05, 0) is 48.9 Å². The van der Waals surface area contributed by atoms with Crippen LogP contribution in [0.4, 0.5) is 11.6 Å². The van der Waals surface area contributed by atoms with Gasteiger partial charge >= 0.3 is 0 Å². The van der Waals surface area contributed by atoms with Gasteiger partial charge in [0.05, 0.1) is 17.5 Å². The Labute approximate surface area is 206 Å². The molecular formula is C26H22N8O2. The highest BCUT2D eigenvalue weighted by Gasteiger charge is 2.48. The van der Waals surface area contributed by atoms with Crippen molar-refractivity contribution in [1.29, 1.82) is 0 Å². The van der Waals surface area contributed by atoms with E-state index in [1.165, 1.54) is 6.33 Å². The first-order valence-electron chi connectivity index (χ1n) is 11.6. The summed E-state index contributed by atoms with van der Waals surface area (Å²) in [5.41, 5.74) is 8.76. The molecule has 2 bridgehead atoms. The molecule has 4 aromatic rings. The second-order valence-electron chi connectivity index (χ2n) is 9.07. The van der Waals surface area contributed by atoms with Crippen molar-refractivity contribution in [3.05, 3.63) is 60.6 Å². The summed E-state index contributed by atoms with van der Waals surface area (Å²) in [5, 5.41) is 8.33. The number of fused-ring (bicyclic) bond motifs is 3. The minimum absolute atomic E-state index is 0.0386. The number of pyridine rings is 1. The number of nitrogens with two attached hydrogens (primary N) is 1. The van der Waals surface area contributed by atoms with E-state index in [0.29, 0.717) is 46.4 Å². The largest absolute Gasteiger partial charge is 0.383 e. The Morgan fingerprint density at radius 2 is 1.86 bits per heavy atom. The fourth-order valence-electron chi connectivity index (χ4n) is 5.40. The number of hydrogen-bond donors (Lipinski definition) is 2. The van der Waals surface area contributed by atoms with Gasteiger partial charge in [-0.2, -0.15) is 5.10 Å². The number of terminal acetylenes is 1. The Balaban J connectivity index is 1.35. The highest BCUT2D eigenvalue weighted by Crippen LogP contribution is 2.46. The SMILES string of the molecule is C#CC(=O)N1CC2CC1C(n1nc(-c3ccc(C(=O)Nc4ccccn4)cc3)c3c(N)ncnc31)C2. The molecule has 3 N–H and O–H groups in total. The summed E-state index contributed by atoms with van der Waals surface area (Å²) in [5.74, 6) is 2.85. The van der Waals surface area contributed by atoms with Crippen LogP contribution in [-0.2, 0) is 4.79 Å². The Bertz CT molecular complexity index is 1520. The third-order valence-corrected chi connectivity index (χ3v) is 6.99. The zero-order chi connectivity index (χ0) is 24.8. The molecule has 10 heteroatoms. The van der Waals surface area contributed by atoms with Crippen molar-refractivity contribution in [2.75, 3.05) is 17.6 Å². The lowest BCUT2D eigenvalue weighted by Crippen LogP contribution is -2.42. The summed E-state index contributed by atoms with van der Waals surface area (Å²) in [6.45, 7) is 0.676. The van der Waals surface area contributed by atoms with E-state index in [-0.39, 0.29) is 23.9 Å². The monoisotopic (exact) mass is 478 g/mol. The average molecular weight is 479 g/mol. The molecule has 4 heterocycles. The third-order valence-electron chi connectivity index (χ3n) is 6.99. The smallest absolute Gasteiger partial charge is 0.298 e. The molecule has 3 atom stereocenters. The van der Waals surface area contributed by atoms with Crippen molar-refractivity contribution in [3.8, 4) is 23.6 Å². The van der Waals surface area contributed by atoms with Crippen LogP contribution in [0.1, 0.15) is 29.2 Å². The highest BCUT2D eigenvalue weighted by atomic mass is 16.2. The maximum Gasteiger partial charge on any atom is 0.298 e. The molecule has 6 rings (SSSR count). The lowest BCUT2D eigenvalue weighted by atomic mass is 10.1. The number of aromatic nitrogens is 5. The molecule has 2 fully saturated rings. The first-order chi connectivity index (χ1) is 17.5. The molecule has 178 valence electrons. The number of rotatable bonds is 4. The van der Waals surface area contributed by atoms with Crippen LogP contribution in [0.15, 0.2) is 55.0 Å². The maximum absolute atomic E-state index is 12.6. The Morgan fingerprint density at radius 3 is 2.58 bits per heavy atom. The van der Waals surface area contributed by atoms with Crippen LogP contribution >= 0.6 is 0 Å². The highest BCUT2D eigenvalue weighted by molar-refractivity contribution is 6.04. The van der Waals surface area contributed by atoms with Gasteiger partial charge in [0.15, 0.2) is 5.65 Å². The number of piperidine rings is 1. The van der Waals surface area contributed by atoms with Crippen LogP contribution in [0.2, 0.25) is 0 Å². The lowest BCUT2D eigenvalue weighted by Gasteiger charge is -2.32. The maximum atomic E-state index is 12.6. The van der Waals surface area contributed by atoms with E-state index in [4.69, 9.17) is 17.3 Å². The second-order valence-corrected chi connectivity index (χ2v) is 9.07. The van der Waals surface area contributed by atoms with Gasteiger partial charge in [0, 0.05) is 23.9 Å². The standard InChI is InChI=1S/C26H22N8O2/c1-2-21(35)33-13-15-11-18(33)19(12-15)34-25-22(24(27)29-14-30-25)23(32-34)16-6-8-17(9-7-16)26(36)31-20-5-3-4-10-28-20/h1,3-10,14-15,18-19H,11-13H2,(H2,27,29,30)(H,28,31,36). The van der Waals surface area contributed by atoms with Gasteiger partial charge < -0.3 is 16.0 Å². The number of nitrogen functional groups attached to an aromatic ring is 1. The van der Waals surface area contributed by atoms with Gasteiger partial charge in [0.25, 0.3) is 11.8 Å². The molecule has 1 saturated heterocycles. The second kappa shape index (κ2) is 8.46. The van der Waals surface area contributed by atoms with Crippen molar-refractivity contribution in [2.45, 2.75) is 24.9 Å². The molecule has 2 aliphatic rings. The fraction of sp³-hybridized carbons (Fsp3) is 0.231. The summed E-state index contributed by atoms with van der Waals surface area (Å²) >= 11 is 0. The fourth-order valence-corrected chi connectivity index (χ4v) is 5.40. The number of nitrogens with zero attached hydrogens (tertiary/aromatic N) is 6. The van der Waals surface area contributed by atoms with Crippen LogP contribution in [0.3, 0.4) is 0 Å². The molecule has 36 heavy (non-hydrogen) atoms.